The zero-order valence-corrected chi connectivity index (χ0v) is 10.7. The third-order valence-corrected chi connectivity index (χ3v) is 3.18. The molecule has 100 valence electrons. The lowest BCUT2D eigenvalue weighted by atomic mass is 10.1. The highest BCUT2D eigenvalue weighted by Crippen LogP contribution is 2.22. The third-order valence-electron chi connectivity index (χ3n) is 2.55. The molecule has 7 heteroatoms. The molecule has 0 aliphatic heterocycles. The summed E-state index contributed by atoms with van der Waals surface area (Å²) < 4.78 is 13.6. The van der Waals surface area contributed by atoms with E-state index in [4.69, 9.17) is 10.8 Å². The molecule has 1 aromatic heterocycles. The summed E-state index contributed by atoms with van der Waals surface area (Å²) in [5.41, 5.74) is 8.00. The highest BCUT2D eigenvalue weighted by atomic mass is 32.1. The summed E-state index contributed by atoms with van der Waals surface area (Å²) in [5, 5.41) is 13.7. The number of thiazole rings is 1. The minimum Gasteiger partial charge on any atom is -0.478 e. The first-order chi connectivity index (χ1) is 9.08. The van der Waals surface area contributed by atoms with E-state index in [1.54, 1.807) is 5.51 Å². The number of nitrogen functional groups attached to an aromatic ring is 1. The number of hydrogen-bond donors (Lipinski definition) is 3. The van der Waals surface area contributed by atoms with E-state index in [-0.39, 0.29) is 16.9 Å². The van der Waals surface area contributed by atoms with Crippen LogP contribution in [0.1, 0.15) is 16.1 Å². The van der Waals surface area contributed by atoms with Crippen LogP contribution in [0.25, 0.3) is 0 Å². The van der Waals surface area contributed by atoms with E-state index in [1.807, 2.05) is 5.38 Å². The quantitative estimate of drug-likeness (QED) is 0.731. The molecule has 0 aliphatic carbocycles. The molecule has 0 bridgehead atoms. The maximum absolute atomic E-state index is 13.6. The van der Waals surface area contributed by atoms with Gasteiger partial charge in [-0.1, -0.05) is 0 Å². The Morgan fingerprint density at radius 2 is 2.32 bits per heavy atom. The Labute approximate surface area is 112 Å². The van der Waals surface area contributed by atoms with E-state index < -0.39 is 11.8 Å². The minimum atomic E-state index is -1.18. The fourth-order valence-electron chi connectivity index (χ4n) is 1.60. The standard InChI is InChI=1S/C12H12FN3O2S/c13-9-4-10(14)8(12(17)18)3-11(9)15-2-1-7-5-19-6-16-7/h3-6,15H,1-2,14H2,(H,17,18). The number of carbonyl (C=O) groups is 1. The van der Waals surface area contributed by atoms with Gasteiger partial charge in [-0.2, -0.15) is 0 Å². The number of aromatic carboxylic acids is 1. The molecule has 19 heavy (non-hydrogen) atoms. The van der Waals surface area contributed by atoms with Gasteiger partial charge in [0.1, 0.15) is 5.82 Å². The number of aromatic nitrogens is 1. The number of rotatable bonds is 5. The Bertz CT molecular complexity index is 587. The number of nitrogens with two attached hydrogens (primary N) is 1. The van der Waals surface area contributed by atoms with E-state index in [0.29, 0.717) is 13.0 Å². The predicted octanol–water partition coefficient (Wildman–Crippen LogP) is 2.22. The van der Waals surface area contributed by atoms with Crippen molar-refractivity contribution in [1.82, 2.24) is 4.98 Å². The zero-order valence-electron chi connectivity index (χ0n) is 9.89. The van der Waals surface area contributed by atoms with Gasteiger partial charge in [0, 0.05) is 24.0 Å². The molecule has 5 nitrogen and oxygen atoms in total. The fraction of sp³-hybridized carbons (Fsp3) is 0.167. The van der Waals surface area contributed by atoms with Gasteiger partial charge in [0.05, 0.1) is 22.5 Å². The van der Waals surface area contributed by atoms with Crippen molar-refractivity contribution in [2.45, 2.75) is 6.42 Å². The molecule has 2 rings (SSSR count). The summed E-state index contributed by atoms with van der Waals surface area (Å²) in [6.07, 6.45) is 0.635. The van der Waals surface area contributed by atoms with Crippen LogP contribution < -0.4 is 11.1 Å². The maximum Gasteiger partial charge on any atom is 0.337 e. The van der Waals surface area contributed by atoms with Crippen molar-refractivity contribution in [1.29, 1.82) is 0 Å². The van der Waals surface area contributed by atoms with Gasteiger partial charge < -0.3 is 16.2 Å². The lowest BCUT2D eigenvalue weighted by Crippen LogP contribution is -2.10. The predicted molar refractivity (Wildman–Crippen MR) is 72.1 cm³/mol. The van der Waals surface area contributed by atoms with Crippen LogP contribution in [-0.2, 0) is 6.42 Å². The minimum absolute atomic E-state index is 0.0879. The summed E-state index contributed by atoms with van der Waals surface area (Å²) in [6, 6.07) is 2.21. The van der Waals surface area contributed by atoms with Gasteiger partial charge in [0.2, 0.25) is 0 Å². The van der Waals surface area contributed by atoms with E-state index in [9.17, 15) is 9.18 Å². The molecule has 0 radical (unpaired) electrons. The molecule has 0 unspecified atom stereocenters. The van der Waals surface area contributed by atoms with E-state index in [2.05, 4.69) is 10.3 Å². The van der Waals surface area contributed by atoms with Crippen molar-refractivity contribution in [2.24, 2.45) is 0 Å². The van der Waals surface area contributed by atoms with E-state index in [1.165, 1.54) is 17.4 Å². The summed E-state index contributed by atoms with van der Waals surface area (Å²) in [4.78, 5) is 15.0. The number of benzene rings is 1. The van der Waals surface area contributed by atoms with Crippen LogP contribution in [-0.4, -0.2) is 22.6 Å². The zero-order chi connectivity index (χ0) is 13.8. The van der Waals surface area contributed by atoms with Crippen LogP contribution in [0.2, 0.25) is 0 Å². The molecule has 2 aromatic rings. The summed E-state index contributed by atoms with van der Waals surface area (Å²) in [7, 11) is 0. The Morgan fingerprint density at radius 1 is 1.53 bits per heavy atom. The number of nitrogens with zero attached hydrogens (tertiary/aromatic N) is 1. The Morgan fingerprint density at radius 3 is 2.95 bits per heavy atom. The fourth-order valence-corrected chi connectivity index (χ4v) is 2.19. The first-order valence-electron chi connectivity index (χ1n) is 5.51. The Balaban J connectivity index is 2.07. The molecule has 1 aromatic carbocycles. The van der Waals surface area contributed by atoms with Crippen molar-refractivity contribution >= 4 is 28.7 Å². The average Bonchev–Trinajstić information content (AvgIpc) is 2.84. The molecule has 0 saturated carbocycles. The van der Waals surface area contributed by atoms with Gasteiger partial charge in [-0.15, -0.1) is 11.3 Å². The number of halogens is 1. The van der Waals surface area contributed by atoms with Gasteiger partial charge in [0.25, 0.3) is 0 Å². The van der Waals surface area contributed by atoms with Crippen LogP contribution >= 0.6 is 11.3 Å². The molecule has 0 amide bonds. The normalized spacial score (nSPS) is 10.4. The van der Waals surface area contributed by atoms with Gasteiger partial charge in [-0.25, -0.2) is 14.2 Å². The average molecular weight is 281 g/mol. The molecule has 1 heterocycles. The summed E-state index contributed by atoms with van der Waals surface area (Å²) in [5.74, 6) is -1.75. The molecule has 4 N–H and O–H groups in total. The second-order valence-corrected chi connectivity index (χ2v) is 4.60. The molecular formula is C12H12FN3O2S. The van der Waals surface area contributed by atoms with Crippen molar-refractivity contribution in [2.75, 3.05) is 17.6 Å². The number of hydrogen-bond acceptors (Lipinski definition) is 5. The van der Waals surface area contributed by atoms with Gasteiger partial charge in [-0.05, 0) is 12.1 Å². The number of carboxylic acid groups (broad SMARTS) is 1. The summed E-state index contributed by atoms with van der Waals surface area (Å²) in [6.45, 7) is 0.462. The molecule has 0 atom stereocenters. The maximum atomic E-state index is 13.6. The molecule has 0 spiro atoms. The lowest BCUT2D eigenvalue weighted by Gasteiger charge is -2.09. The van der Waals surface area contributed by atoms with Crippen LogP contribution in [0.15, 0.2) is 23.0 Å². The van der Waals surface area contributed by atoms with Crippen molar-refractivity contribution in [3.63, 3.8) is 0 Å². The molecular weight excluding hydrogens is 269 g/mol. The largest absolute Gasteiger partial charge is 0.478 e. The molecule has 0 saturated heterocycles. The monoisotopic (exact) mass is 281 g/mol. The Hall–Kier alpha value is -2.15. The van der Waals surface area contributed by atoms with Gasteiger partial charge in [-0.3, -0.25) is 0 Å². The summed E-state index contributed by atoms with van der Waals surface area (Å²) >= 11 is 1.49. The number of carboxylic acids is 1. The highest BCUT2D eigenvalue weighted by Gasteiger charge is 2.12. The van der Waals surface area contributed by atoms with Gasteiger partial charge in [0.15, 0.2) is 0 Å². The molecule has 0 fully saturated rings. The van der Waals surface area contributed by atoms with Crippen LogP contribution in [0.3, 0.4) is 0 Å². The van der Waals surface area contributed by atoms with Crippen LogP contribution in [0.4, 0.5) is 15.8 Å². The number of nitrogens with one attached hydrogen (secondary N) is 1. The SMILES string of the molecule is Nc1cc(F)c(NCCc2cscn2)cc1C(=O)O. The van der Waals surface area contributed by atoms with Crippen molar-refractivity contribution in [3.8, 4) is 0 Å². The second-order valence-electron chi connectivity index (χ2n) is 3.88. The first kappa shape index (κ1) is 13.3. The number of anilines is 2. The Kier molecular flexibility index (Phi) is 3.96. The third kappa shape index (κ3) is 3.19. The van der Waals surface area contributed by atoms with E-state index in [0.717, 1.165) is 11.8 Å². The first-order valence-corrected chi connectivity index (χ1v) is 6.45. The van der Waals surface area contributed by atoms with Crippen molar-refractivity contribution in [3.05, 3.63) is 40.1 Å². The van der Waals surface area contributed by atoms with Crippen LogP contribution in [0.5, 0.6) is 0 Å². The smallest absolute Gasteiger partial charge is 0.337 e. The lowest BCUT2D eigenvalue weighted by molar-refractivity contribution is 0.0698. The van der Waals surface area contributed by atoms with Gasteiger partial charge >= 0.3 is 5.97 Å². The molecule has 0 aliphatic rings. The topological polar surface area (TPSA) is 88.2 Å². The second kappa shape index (κ2) is 5.66. The van der Waals surface area contributed by atoms with Crippen molar-refractivity contribution < 1.29 is 14.3 Å². The highest BCUT2D eigenvalue weighted by molar-refractivity contribution is 7.07. The van der Waals surface area contributed by atoms with Crippen LogP contribution in [0, 0.1) is 5.82 Å². The van der Waals surface area contributed by atoms with E-state index >= 15 is 0 Å².